The molecule has 0 saturated carbocycles. The van der Waals surface area contributed by atoms with Crippen LogP contribution in [0.3, 0.4) is 0 Å². The SMILES string of the molecule is CCCCCCCCC=Cc1cc(C=CCCCCCCCC)cc(C2=CC(C#CCCCCCCCCCCCCCCCCCCCCCC)=C(c3cc(C=CCCCCCCCC)cc(C=CCCCCCCCC)c3)[N+]2=[N-])c1.[CH2-]CCCCCCCCCCCCCCC.[CH2-]CCCCCCCCCCCCCCC.[Ni+2]. The van der Waals surface area contributed by atoms with Crippen molar-refractivity contribution in [3.8, 4) is 11.8 Å². The van der Waals surface area contributed by atoms with Gasteiger partial charge in [0.15, 0.2) is 0 Å². The van der Waals surface area contributed by atoms with Crippen LogP contribution in [-0.4, -0.2) is 4.70 Å². The molecule has 115 heavy (non-hydrogen) atoms. The van der Waals surface area contributed by atoms with Gasteiger partial charge < -0.3 is 19.4 Å². The molecule has 0 unspecified atom stereocenters. The van der Waals surface area contributed by atoms with Gasteiger partial charge in [0.25, 0.3) is 0 Å². The van der Waals surface area contributed by atoms with Crippen LogP contribution in [0.15, 0.2) is 72.4 Å². The fourth-order valence-corrected chi connectivity index (χ4v) is 16.2. The van der Waals surface area contributed by atoms with Crippen molar-refractivity contribution < 1.29 is 21.2 Å². The van der Waals surface area contributed by atoms with Gasteiger partial charge in [-0.25, -0.2) is 4.70 Å². The van der Waals surface area contributed by atoms with Crippen LogP contribution in [0.1, 0.15) is 576 Å². The van der Waals surface area contributed by atoms with Crippen molar-refractivity contribution in [2.75, 3.05) is 0 Å². The predicted octanol–water partition coefficient (Wildman–Crippen LogP) is 40.4. The van der Waals surface area contributed by atoms with Crippen LogP contribution in [0.5, 0.6) is 0 Å². The first-order valence-electron chi connectivity index (χ1n) is 51.4. The number of allylic oxidation sites excluding steroid dienone is 6. The first-order valence-corrected chi connectivity index (χ1v) is 51.4. The van der Waals surface area contributed by atoms with E-state index in [0.29, 0.717) is 0 Å². The van der Waals surface area contributed by atoms with Crippen LogP contribution < -0.4 is 0 Å². The predicted molar refractivity (Wildman–Crippen MR) is 521 cm³/mol. The molecule has 3 heteroatoms. The van der Waals surface area contributed by atoms with Gasteiger partial charge in [0.05, 0.1) is 0 Å². The summed E-state index contributed by atoms with van der Waals surface area (Å²) in [4.78, 5) is 0. The van der Waals surface area contributed by atoms with Gasteiger partial charge in [-0.15, -0.1) is 0 Å². The molecule has 2 nitrogen and oxygen atoms in total. The van der Waals surface area contributed by atoms with E-state index in [1.165, 1.54) is 470 Å². The van der Waals surface area contributed by atoms with Crippen LogP contribution in [0.4, 0.5) is 0 Å². The summed E-state index contributed by atoms with van der Waals surface area (Å²) in [5.41, 5.74) is 22.0. The molecule has 0 atom stereocenters. The number of nitrogens with zero attached hydrogens (tertiary/aromatic N) is 2. The maximum atomic E-state index is 12.7. The van der Waals surface area contributed by atoms with Gasteiger partial charge in [-0.3, -0.25) is 0 Å². The van der Waals surface area contributed by atoms with Crippen LogP contribution in [0.2, 0.25) is 0 Å². The minimum absolute atomic E-state index is 0. The molecule has 662 valence electrons. The van der Waals surface area contributed by atoms with Crippen molar-refractivity contribution in [2.24, 2.45) is 0 Å². The monoisotopic (exact) mass is 1630 g/mol. The quantitative estimate of drug-likeness (QED) is 0.0207. The molecule has 0 saturated heterocycles. The summed E-state index contributed by atoms with van der Waals surface area (Å²) in [6.07, 6.45) is 125. The maximum absolute atomic E-state index is 12.7. The number of rotatable bonds is 80. The topological polar surface area (TPSA) is 25.3 Å². The average molecular weight is 1630 g/mol. The second kappa shape index (κ2) is 91.3. The Kier molecular flexibility index (Phi) is 88.5. The van der Waals surface area contributed by atoms with Crippen LogP contribution >= 0.6 is 0 Å². The first-order chi connectivity index (χ1) is 56.4. The van der Waals surface area contributed by atoms with E-state index in [-0.39, 0.29) is 16.5 Å². The smallest absolute Gasteiger partial charge is 0.493 e. The number of unbranched alkanes of at least 4 members (excludes halogenated alkanes) is 70. The van der Waals surface area contributed by atoms with Gasteiger partial charge in [0, 0.05) is 23.6 Å². The van der Waals surface area contributed by atoms with Crippen molar-refractivity contribution in [1.82, 2.24) is 0 Å². The molecule has 0 N–H and O–H groups in total. The summed E-state index contributed by atoms with van der Waals surface area (Å²) < 4.78 is 1.48. The zero-order valence-corrected chi connectivity index (χ0v) is 79.2. The van der Waals surface area contributed by atoms with Crippen molar-refractivity contribution in [3.05, 3.63) is 125 Å². The average Bonchev–Trinajstić information content (AvgIpc) is 1.63. The fraction of sp³-hybridized carbons (Fsp3) is 0.750. The van der Waals surface area contributed by atoms with Crippen LogP contribution in [0, 0.1) is 25.7 Å². The van der Waals surface area contributed by atoms with E-state index < -0.39 is 0 Å². The van der Waals surface area contributed by atoms with Crippen LogP contribution in [-0.2, 0) is 16.5 Å². The second-order valence-corrected chi connectivity index (χ2v) is 35.2. The molecule has 3 rings (SSSR count). The zero-order chi connectivity index (χ0) is 82.2. The minimum atomic E-state index is 0. The van der Waals surface area contributed by atoms with Crippen molar-refractivity contribution >= 4 is 35.7 Å². The third-order valence-corrected chi connectivity index (χ3v) is 23.7. The third kappa shape index (κ3) is 71.9. The second-order valence-electron chi connectivity index (χ2n) is 35.2. The Bertz CT molecular complexity index is 2500. The summed E-state index contributed by atoms with van der Waals surface area (Å²) in [5, 5.41) is 0. The fourth-order valence-electron chi connectivity index (χ4n) is 16.2. The van der Waals surface area contributed by atoms with Gasteiger partial charge in [0.1, 0.15) is 5.57 Å². The van der Waals surface area contributed by atoms with E-state index in [2.05, 4.69) is 165 Å². The summed E-state index contributed by atoms with van der Waals surface area (Å²) in [6.45, 7) is 23.8. The summed E-state index contributed by atoms with van der Waals surface area (Å²) in [7, 11) is 0. The van der Waals surface area contributed by atoms with Crippen molar-refractivity contribution in [1.29, 1.82) is 0 Å². The largest absolute Gasteiger partial charge is 2.00 e. The standard InChI is InChI=1S/C80H128N2.2C16H33.Ni/c1-6-11-16-21-26-31-32-33-34-35-36-37-38-39-40-41-42-43-44-49-54-59-64-76-71-79(77-67-72(60-55-50-45-27-22-17-12-7-2)65-73(68-77)61-56-51-46-28-23-18-13-8-3)82(81)80(76)78-69-74(62-57-52-47-29-24-19-14-9-4)66-75(70-78)63-58-53-48-30-25-20-15-10-5;2*1-3-5-7-9-11-13-15-16-14-12-10-8-6-4-2;/h55-58,60-63,65-71H,6-54H2,1-5H3;2*1,3-16H2,2H3;/q;2*-1;+2. The van der Waals surface area contributed by atoms with Gasteiger partial charge in [-0.1, -0.05) is 526 Å². The van der Waals surface area contributed by atoms with E-state index in [1.807, 2.05) is 0 Å². The molecular weight excluding hydrogens is 1430 g/mol. The normalized spacial score (nSPS) is 12.2. The summed E-state index contributed by atoms with van der Waals surface area (Å²) >= 11 is 0. The Morgan fingerprint density at radius 2 is 0.461 bits per heavy atom. The Balaban J connectivity index is 0.00000325. The van der Waals surface area contributed by atoms with Gasteiger partial charge >= 0.3 is 16.5 Å². The van der Waals surface area contributed by atoms with Gasteiger partial charge in [0.2, 0.25) is 11.4 Å². The molecule has 2 aromatic rings. The van der Waals surface area contributed by atoms with E-state index in [4.69, 9.17) is 0 Å². The number of benzene rings is 2. The molecule has 1 aliphatic heterocycles. The third-order valence-electron chi connectivity index (χ3n) is 23.7. The van der Waals surface area contributed by atoms with Crippen molar-refractivity contribution in [3.63, 3.8) is 0 Å². The molecular formula is C112H194N2Ni. The molecule has 2 aromatic carbocycles. The van der Waals surface area contributed by atoms with Gasteiger partial charge in [-0.2, -0.15) is 12.8 Å². The first kappa shape index (κ1) is 112. The number of hydrogen-bond donors (Lipinski definition) is 0. The number of hydrogen-bond acceptors (Lipinski definition) is 0. The molecule has 0 spiro atoms. The van der Waals surface area contributed by atoms with Crippen molar-refractivity contribution in [2.45, 2.75) is 543 Å². The molecule has 1 aliphatic rings. The maximum Gasteiger partial charge on any atom is 2.00 e. The summed E-state index contributed by atoms with van der Waals surface area (Å²) in [6, 6.07) is 13.8. The molecule has 0 aliphatic carbocycles. The van der Waals surface area contributed by atoms with E-state index in [0.717, 1.165) is 79.5 Å². The molecule has 0 amide bonds. The Hall–Kier alpha value is -3.47. The molecule has 0 bridgehead atoms. The Morgan fingerprint density at radius 3 is 0.687 bits per heavy atom. The molecule has 0 radical (unpaired) electrons. The minimum Gasteiger partial charge on any atom is -0.493 e. The van der Waals surface area contributed by atoms with Gasteiger partial charge in [-0.05, 0) is 116 Å². The molecule has 0 aromatic heterocycles. The van der Waals surface area contributed by atoms with Crippen LogP contribution in [0.25, 0.3) is 41.2 Å². The molecule has 1 heterocycles. The Morgan fingerprint density at radius 1 is 0.261 bits per heavy atom. The zero-order valence-electron chi connectivity index (χ0n) is 78.2. The summed E-state index contributed by atoms with van der Waals surface area (Å²) in [5.74, 6) is 7.31. The Labute approximate surface area is 731 Å². The van der Waals surface area contributed by atoms with E-state index >= 15 is 0 Å². The van der Waals surface area contributed by atoms with E-state index in [9.17, 15) is 5.53 Å². The molecule has 0 fully saturated rings. The van der Waals surface area contributed by atoms with E-state index in [1.54, 1.807) is 0 Å².